The summed E-state index contributed by atoms with van der Waals surface area (Å²) in [7, 11) is 0. The van der Waals surface area contributed by atoms with Crippen LogP contribution in [0.4, 0.5) is 13.2 Å². The Morgan fingerprint density at radius 3 is 2.57 bits per heavy atom. The second-order valence-corrected chi connectivity index (χ2v) is 9.88. The van der Waals surface area contributed by atoms with Gasteiger partial charge in [-0.05, 0) is 74.2 Å². The van der Waals surface area contributed by atoms with Gasteiger partial charge in [-0.25, -0.2) is 18.0 Å². The molecule has 4 rings (SSSR count). The Bertz CT molecular complexity index is 1100. The molecule has 0 radical (unpaired) electrons. The first-order valence-electron chi connectivity index (χ1n) is 11.7. The van der Waals surface area contributed by atoms with Gasteiger partial charge in [-0.2, -0.15) is 0 Å². The summed E-state index contributed by atoms with van der Waals surface area (Å²) < 4.78 is 57.1. The van der Waals surface area contributed by atoms with E-state index in [4.69, 9.17) is 14.6 Å². The highest BCUT2D eigenvalue weighted by atomic mass is 19.1. The van der Waals surface area contributed by atoms with Gasteiger partial charge in [-0.1, -0.05) is 6.07 Å². The lowest BCUT2D eigenvalue weighted by Crippen LogP contribution is -2.48. The minimum absolute atomic E-state index is 0.0184. The van der Waals surface area contributed by atoms with Crippen LogP contribution in [0.1, 0.15) is 55.5 Å². The van der Waals surface area contributed by atoms with Crippen LogP contribution >= 0.6 is 0 Å². The lowest BCUT2D eigenvalue weighted by molar-refractivity contribution is -0.131. The predicted octanol–water partition coefficient (Wildman–Crippen LogP) is 5.31. The van der Waals surface area contributed by atoms with Crippen LogP contribution in [0.15, 0.2) is 36.4 Å². The molecule has 1 fully saturated rings. The van der Waals surface area contributed by atoms with Crippen LogP contribution in [0.3, 0.4) is 0 Å². The molecule has 0 saturated carbocycles. The van der Waals surface area contributed by atoms with Crippen LogP contribution in [-0.2, 0) is 16.0 Å². The van der Waals surface area contributed by atoms with Crippen molar-refractivity contribution >= 4 is 12.0 Å². The maximum Gasteiger partial charge on any atom is 0.328 e. The van der Waals surface area contributed by atoms with Crippen molar-refractivity contribution in [1.29, 1.82) is 0 Å². The molecule has 0 spiro atoms. The summed E-state index contributed by atoms with van der Waals surface area (Å²) in [5.41, 5.74) is -0.107. The second kappa shape index (κ2) is 10.0. The molecule has 35 heavy (non-hydrogen) atoms. The third-order valence-electron chi connectivity index (χ3n) is 6.36. The predicted molar refractivity (Wildman–Crippen MR) is 126 cm³/mol. The molecule has 1 saturated heterocycles. The monoisotopic (exact) mass is 489 g/mol. The van der Waals surface area contributed by atoms with Gasteiger partial charge in [0, 0.05) is 30.6 Å². The Kier molecular flexibility index (Phi) is 7.24. The highest BCUT2D eigenvalue weighted by Gasteiger charge is 2.39. The average Bonchev–Trinajstić information content (AvgIpc) is 3.26. The number of aliphatic carboxylic acids is 1. The molecule has 2 aliphatic heterocycles. The number of benzene rings is 2. The fourth-order valence-corrected chi connectivity index (χ4v) is 4.90. The van der Waals surface area contributed by atoms with Gasteiger partial charge in [0.2, 0.25) is 0 Å². The Labute approximate surface area is 203 Å². The fourth-order valence-electron chi connectivity index (χ4n) is 4.90. The van der Waals surface area contributed by atoms with Crippen molar-refractivity contribution in [2.24, 2.45) is 0 Å². The molecule has 3 atom stereocenters. The topological polar surface area (TPSA) is 59.0 Å². The van der Waals surface area contributed by atoms with E-state index in [9.17, 15) is 9.18 Å². The van der Waals surface area contributed by atoms with Crippen molar-refractivity contribution in [1.82, 2.24) is 4.90 Å². The smallest absolute Gasteiger partial charge is 0.328 e. The average molecular weight is 490 g/mol. The summed E-state index contributed by atoms with van der Waals surface area (Å²) in [6.07, 6.45) is 3.29. The summed E-state index contributed by atoms with van der Waals surface area (Å²) in [4.78, 5) is 12.6. The molecule has 1 N–H and O–H groups in total. The Balaban J connectivity index is 1.78. The molecule has 0 aliphatic carbocycles. The Morgan fingerprint density at radius 1 is 1.26 bits per heavy atom. The summed E-state index contributed by atoms with van der Waals surface area (Å²) >= 11 is 0. The van der Waals surface area contributed by atoms with Crippen LogP contribution in [-0.4, -0.2) is 53.5 Å². The zero-order valence-electron chi connectivity index (χ0n) is 20.1. The molecular weight excluding hydrogens is 459 g/mol. The van der Waals surface area contributed by atoms with Gasteiger partial charge in [0.1, 0.15) is 29.2 Å². The second-order valence-electron chi connectivity index (χ2n) is 9.88. The molecule has 0 bridgehead atoms. The number of fused-ring (bicyclic) bond motifs is 1. The van der Waals surface area contributed by atoms with E-state index >= 15 is 8.78 Å². The summed E-state index contributed by atoms with van der Waals surface area (Å²) in [5.74, 6) is -2.18. The van der Waals surface area contributed by atoms with Gasteiger partial charge in [0.25, 0.3) is 0 Å². The van der Waals surface area contributed by atoms with Gasteiger partial charge in [-0.3, -0.25) is 4.90 Å². The zero-order valence-corrected chi connectivity index (χ0v) is 20.1. The third kappa shape index (κ3) is 5.87. The quantitative estimate of drug-likeness (QED) is 0.534. The van der Waals surface area contributed by atoms with E-state index in [1.54, 1.807) is 17.0 Å². The largest absolute Gasteiger partial charge is 0.488 e. The first kappa shape index (κ1) is 25.3. The van der Waals surface area contributed by atoms with E-state index < -0.39 is 29.3 Å². The van der Waals surface area contributed by atoms with E-state index in [1.807, 2.05) is 13.0 Å². The number of hydrogen-bond acceptors (Lipinski definition) is 4. The molecule has 1 unspecified atom stereocenters. The zero-order chi connectivity index (χ0) is 25.3. The molecule has 0 aromatic heterocycles. The van der Waals surface area contributed by atoms with Crippen molar-refractivity contribution in [3.8, 4) is 5.75 Å². The molecule has 188 valence electrons. The Morgan fingerprint density at radius 2 is 1.97 bits per heavy atom. The first-order chi connectivity index (χ1) is 16.5. The van der Waals surface area contributed by atoms with Gasteiger partial charge in [0.15, 0.2) is 0 Å². The fraction of sp³-hybridized carbons (Fsp3) is 0.444. The maximum absolute atomic E-state index is 15.4. The summed E-state index contributed by atoms with van der Waals surface area (Å²) in [6, 6.07) is 6.63. The van der Waals surface area contributed by atoms with Crippen molar-refractivity contribution in [3.05, 3.63) is 70.3 Å². The van der Waals surface area contributed by atoms with E-state index in [2.05, 4.69) is 0 Å². The number of hydrogen-bond donors (Lipinski definition) is 1. The van der Waals surface area contributed by atoms with E-state index in [0.29, 0.717) is 30.9 Å². The number of nitrogens with zero attached hydrogens (tertiary/aromatic N) is 1. The summed E-state index contributed by atoms with van der Waals surface area (Å²) in [5, 5.41) is 8.83. The first-order valence-corrected chi connectivity index (χ1v) is 11.7. The lowest BCUT2D eigenvalue weighted by atomic mass is 9.83. The van der Waals surface area contributed by atoms with Crippen molar-refractivity contribution in [2.45, 2.75) is 57.5 Å². The van der Waals surface area contributed by atoms with Crippen LogP contribution in [0.2, 0.25) is 0 Å². The normalized spacial score (nSPS) is 23.0. The third-order valence-corrected chi connectivity index (χ3v) is 6.36. The maximum atomic E-state index is 15.4. The van der Waals surface area contributed by atoms with Crippen LogP contribution in [0, 0.1) is 11.6 Å². The summed E-state index contributed by atoms with van der Waals surface area (Å²) in [6.45, 7) is 5.96. The minimum Gasteiger partial charge on any atom is -0.488 e. The van der Waals surface area contributed by atoms with Crippen molar-refractivity contribution < 1.29 is 32.5 Å². The van der Waals surface area contributed by atoms with Gasteiger partial charge >= 0.3 is 5.97 Å². The number of carboxylic acid groups (broad SMARTS) is 1. The standard InChI is InChI=1S/C27H30F3NO4/c1-16-10-18-13-19(35-20-8-9-34-14-20)5-6-21(18)26(31(16)15-27(2,3)30)25-22(28)11-17(12-23(25)29)4-7-24(32)33/h4-7,11-13,16,20,26H,8-10,14-15H2,1-3H3,(H,32,33)/b7-4+/t16-,20?,26+/m0/s1. The van der Waals surface area contributed by atoms with Crippen LogP contribution < -0.4 is 4.74 Å². The minimum atomic E-state index is -1.59. The van der Waals surface area contributed by atoms with Gasteiger partial charge < -0.3 is 14.6 Å². The van der Waals surface area contributed by atoms with Crippen molar-refractivity contribution in [2.75, 3.05) is 19.8 Å². The molecule has 8 heteroatoms. The molecule has 0 amide bonds. The number of alkyl halides is 1. The number of ether oxygens (including phenoxy) is 2. The highest BCUT2D eigenvalue weighted by Crippen LogP contribution is 2.42. The molecule has 2 heterocycles. The van der Waals surface area contributed by atoms with Crippen molar-refractivity contribution in [3.63, 3.8) is 0 Å². The molecule has 2 aliphatic rings. The van der Waals surface area contributed by atoms with E-state index in [1.165, 1.54) is 13.8 Å². The van der Waals surface area contributed by atoms with E-state index in [-0.39, 0.29) is 29.8 Å². The van der Waals surface area contributed by atoms with Gasteiger partial charge in [0.05, 0.1) is 19.3 Å². The van der Waals surface area contributed by atoms with Crippen LogP contribution in [0.5, 0.6) is 5.75 Å². The molecule has 5 nitrogen and oxygen atoms in total. The lowest BCUT2D eigenvalue weighted by Gasteiger charge is -2.44. The molecule has 2 aromatic carbocycles. The number of rotatable bonds is 7. The van der Waals surface area contributed by atoms with Gasteiger partial charge in [-0.15, -0.1) is 0 Å². The molecule has 2 aromatic rings. The van der Waals surface area contributed by atoms with Crippen LogP contribution in [0.25, 0.3) is 6.08 Å². The highest BCUT2D eigenvalue weighted by molar-refractivity contribution is 5.85. The number of halogens is 3. The molecular formula is C27H30F3NO4. The Hall–Kier alpha value is -2.84. The SMILES string of the molecule is C[C@H]1Cc2cc(OC3CCOC3)ccc2[C@H](c2c(F)cc(/C=C/C(=O)O)cc2F)N1CC(C)(C)F. The van der Waals surface area contributed by atoms with E-state index in [0.717, 1.165) is 36.3 Å². The number of carboxylic acids is 1. The number of carbonyl (C=O) groups is 1.